The van der Waals surface area contributed by atoms with Gasteiger partial charge in [-0.25, -0.2) is 14.1 Å². The number of aryl methyl sites for hydroxylation is 2. The molecular formula is C24H24F6N5P. The number of pyridine rings is 1. The first-order chi connectivity index (χ1) is 16.7. The molecule has 0 fully saturated rings. The first-order valence-corrected chi connectivity index (χ1v) is 13.1. The molecule has 5 rings (SSSR count). The molecule has 0 aliphatic carbocycles. The van der Waals surface area contributed by atoms with Crippen molar-refractivity contribution in [3.63, 3.8) is 0 Å². The molecule has 5 aromatic rings. The molecule has 3 heterocycles. The van der Waals surface area contributed by atoms with Crippen LogP contribution in [0.15, 0.2) is 73.1 Å². The van der Waals surface area contributed by atoms with Crippen LogP contribution < -0.4 is 4.57 Å². The van der Waals surface area contributed by atoms with E-state index in [2.05, 4.69) is 86.5 Å². The molecule has 0 aliphatic heterocycles. The normalized spacial score (nSPS) is 13.8. The zero-order valence-corrected chi connectivity index (χ0v) is 20.4. The van der Waals surface area contributed by atoms with Crippen LogP contribution in [-0.2, 0) is 19.6 Å². The Kier molecular flexibility index (Phi) is 6.11. The van der Waals surface area contributed by atoms with Gasteiger partial charge < -0.3 is 4.57 Å². The summed E-state index contributed by atoms with van der Waals surface area (Å²) in [5.74, 6) is 1.08. The maximum absolute atomic E-state index is 10.7. The Balaban J connectivity index is 0.000000384. The predicted octanol–water partition coefficient (Wildman–Crippen LogP) is 7.48. The number of rotatable bonds is 5. The van der Waals surface area contributed by atoms with E-state index < -0.39 is 7.81 Å². The average Bonchev–Trinajstić information content (AvgIpc) is 3.29. The Bertz CT molecular complexity index is 1530. The number of hydrogen-bond acceptors (Lipinski definition) is 2. The van der Waals surface area contributed by atoms with E-state index in [1.807, 2.05) is 19.1 Å². The minimum atomic E-state index is -10.7. The van der Waals surface area contributed by atoms with Crippen LogP contribution in [0.1, 0.15) is 24.1 Å². The van der Waals surface area contributed by atoms with Gasteiger partial charge in [-0.3, -0.25) is 4.98 Å². The fourth-order valence-corrected chi connectivity index (χ4v) is 4.11. The van der Waals surface area contributed by atoms with Crippen LogP contribution in [0.4, 0.5) is 25.2 Å². The van der Waals surface area contributed by atoms with Crippen LogP contribution in [0.3, 0.4) is 0 Å². The van der Waals surface area contributed by atoms with E-state index in [9.17, 15) is 25.2 Å². The van der Waals surface area contributed by atoms with E-state index in [0.29, 0.717) is 0 Å². The van der Waals surface area contributed by atoms with Crippen molar-refractivity contribution in [1.29, 1.82) is 0 Å². The summed E-state index contributed by atoms with van der Waals surface area (Å²) < 4.78 is 66.1. The Morgan fingerprint density at radius 3 is 2.11 bits per heavy atom. The molecule has 0 atom stereocenters. The van der Waals surface area contributed by atoms with Crippen molar-refractivity contribution >= 4 is 29.9 Å². The van der Waals surface area contributed by atoms with Gasteiger partial charge in [0.2, 0.25) is 6.33 Å². The van der Waals surface area contributed by atoms with Gasteiger partial charge in [0, 0.05) is 12.2 Å². The molecule has 192 valence electrons. The molecule has 0 saturated carbocycles. The second-order valence-electron chi connectivity index (χ2n) is 8.35. The fourth-order valence-electron chi connectivity index (χ4n) is 4.11. The van der Waals surface area contributed by atoms with Gasteiger partial charge in [0.1, 0.15) is 13.1 Å². The molecule has 0 saturated heterocycles. The number of nitrogens with zero attached hydrogens (tertiary/aromatic N) is 5. The number of imidazole rings is 2. The number of aromatic nitrogens is 5. The van der Waals surface area contributed by atoms with Crippen LogP contribution in [0, 0.1) is 6.92 Å². The van der Waals surface area contributed by atoms with Crippen LogP contribution in [0.2, 0.25) is 0 Å². The predicted molar refractivity (Wildman–Crippen MR) is 128 cm³/mol. The van der Waals surface area contributed by atoms with Crippen molar-refractivity contribution in [3.05, 3.63) is 90.3 Å². The van der Waals surface area contributed by atoms with Crippen LogP contribution in [0.5, 0.6) is 0 Å². The Morgan fingerprint density at radius 2 is 1.44 bits per heavy atom. The third kappa shape index (κ3) is 6.81. The van der Waals surface area contributed by atoms with E-state index >= 15 is 0 Å². The van der Waals surface area contributed by atoms with E-state index in [1.165, 1.54) is 16.6 Å². The molecule has 36 heavy (non-hydrogen) atoms. The van der Waals surface area contributed by atoms with Gasteiger partial charge in [0.15, 0.2) is 16.9 Å². The number of fused-ring (bicyclic) bond motifs is 2. The molecule has 0 amide bonds. The SMILES string of the molecule is CCn1c(Cn2c[n+](Cc3cccc(C)n3)c3ccccc32)nc2ccccc21.F[P-](F)(F)(F)(F)F. The summed E-state index contributed by atoms with van der Waals surface area (Å²) in [6.45, 7) is 6.60. The summed E-state index contributed by atoms with van der Waals surface area (Å²) in [6, 6.07) is 23.1. The van der Waals surface area contributed by atoms with Gasteiger partial charge >= 0.3 is 33.0 Å². The summed E-state index contributed by atoms with van der Waals surface area (Å²) >= 11 is 0. The summed E-state index contributed by atoms with van der Waals surface area (Å²) in [5.41, 5.74) is 6.77. The molecule has 0 aliphatic rings. The first kappa shape index (κ1) is 25.6. The number of para-hydroxylation sites is 4. The molecule has 0 N–H and O–H groups in total. The Hall–Kier alpha value is -3.46. The van der Waals surface area contributed by atoms with Crippen molar-refractivity contribution < 1.29 is 29.7 Å². The molecule has 5 nitrogen and oxygen atoms in total. The van der Waals surface area contributed by atoms with Crippen molar-refractivity contribution in [1.82, 2.24) is 19.1 Å². The topological polar surface area (TPSA) is 39.5 Å². The fraction of sp³-hybridized carbons (Fsp3) is 0.208. The number of hydrogen-bond donors (Lipinski definition) is 0. The standard InChI is InChI=1S/C24H24N5.F6P/c1-3-29-21-12-5-4-11-20(21)26-24(29)16-28-17-27(22-13-6-7-14-23(22)28)15-19-10-8-9-18(2)25-19;1-7(2,3,4,5)6/h4-14,17H,3,15-16H2,1-2H3;/q+1;-1. The maximum atomic E-state index is 9.87. The van der Waals surface area contributed by atoms with E-state index in [0.717, 1.165) is 42.4 Å². The molecule has 3 aromatic heterocycles. The number of halogens is 6. The van der Waals surface area contributed by atoms with E-state index in [1.54, 1.807) is 0 Å². The van der Waals surface area contributed by atoms with Gasteiger partial charge in [0.05, 0.1) is 16.7 Å². The molecule has 2 aromatic carbocycles. The molecule has 0 unspecified atom stereocenters. The van der Waals surface area contributed by atoms with Gasteiger partial charge in [-0.2, -0.15) is 0 Å². The Labute approximate surface area is 202 Å². The van der Waals surface area contributed by atoms with Gasteiger partial charge in [-0.1, -0.05) is 30.3 Å². The van der Waals surface area contributed by atoms with Gasteiger partial charge in [-0.15, -0.1) is 0 Å². The van der Waals surface area contributed by atoms with Crippen LogP contribution in [-0.4, -0.2) is 19.1 Å². The van der Waals surface area contributed by atoms with E-state index in [4.69, 9.17) is 4.98 Å². The Morgan fingerprint density at radius 1 is 0.806 bits per heavy atom. The second-order valence-corrected chi connectivity index (χ2v) is 10.3. The zero-order valence-electron chi connectivity index (χ0n) is 19.5. The first-order valence-electron chi connectivity index (χ1n) is 11.1. The van der Waals surface area contributed by atoms with Crippen molar-refractivity contribution in [2.75, 3.05) is 0 Å². The van der Waals surface area contributed by atoms with Crippen LogP contribution in [0.25, 0.3) is 22.1 Å². The van der Waals surface area contributed by atoms with Crippen molar-refractivity contribution in [3.8, 4) is 0 Å². The van der Waals surface area contributed by atoms with Gasteiger partial charge in [-0.05, 0) is 50.2 Å². The second kappa shape index (κ2) is 8.58. The zero-order chi connectivity index (χ0) is 26.2. The third-order valence-electron chi connectivity index (χ3n) is 5.42. The number of benzene rings is 2. The molecule has 0 bridgehead atoms. The van der Waals surface area contributed by atoms with Crippen molar-refractivity contribution in [2.24, 2.45) is 0 Å². The average molecular weight is 527 g/mol. The molecular weight excluding hydrogens is 503 g/mol. The molecule has 12 heteroatoms. The van der Waals surface area contributed by atoms with Crippen LogP contribution >= 0.6 is 7.81 Å². The molecule has 0 radical (unpaired) electrons. The summed E-state index contributed by atoms with van der Waals surface area (Å²) in [7, 11) is -10.7. The summed E-state index contributed by atoms with van der Waals surface area (Å²) in [6.07, 6.45) is 2.19. The van der Waals surface area contributed by atoms with E-state index in [-0.39, 0.29) is 0 Å². The third-order valence-corrected chi connectivity index (χ3v) is 5.42. The quantitative estimate of drug-likeness (QED) is 0.135. The summed E-state index contributed by atoms with van der Waals surface area (Å²) in [5, 5.41) is 0. The monoisotopic (exact) mass is 527 g/mol. The van der Waals surface area contributed by atoms with Gasteiger partial charge in [0.25, 0.3) is 0 Å². The summed E-state index contributed by atoms with van der Waals surface area (Å²) in [4.78, 5) is 9.59. The molecule has 0 spiro atoms. The minimum absolute atomic E-state index is 0.733. The van der Waals surface area contributed by atoms with Crippen molar-refractivity contribution in [2.45, 2.75) is 33.5 Å².